The molecule has 1 aliphatic rings. The van der Waals surface area contributed by atoms with Gasteiger partial charge in [-0.1, -0.05) is 29.6 Å². The van der Waals surface area contributed by atoms with Gasteiger partial charge in [-0.3, -0.25) is 18.9 Å². The quantitative estimate of drug-likeness (QED) is 0.108. The summed E-state index contributed by atoms with van der Waals surface area (Å²) in [5.74, 6) is -1.22. The molecule has 1 atom stereocenters. The Labute approximate surface area is 260 Å². The van der Waals surface area contributed by atoms with Crippen molar-refractivity contribution in [2.75, 3.05) is 29.6 Å². The smallest absolute Gasteiger partial charge is 0.377 e. The summed E-state index contributed by atoms with van der Waals surface area (Å²) in [6.45, 7) is 4.52. The summed E-state index contributed by atoms with van der Waals surface area (Å²) >= 11 is 7.22. The lowest BCUT2D eigenvalue weighted by molar-refractivity contribution is -0.382. The minimum Gasteiger partial charge on any atom is -0.377 e. The minimum absolute atomic E-state index is 0.113. The average molecular weight is 647 g/mol. The average Bonchev–Trinajstić information content (AvgIpc) is 3.38. The summed E-state index contributed by atoms with van der Waals surface area (Å²) in [5.41, 5.74) is 2.30. The van der Waals surface area contributed by atoms with Gasteiger partial charge in [-0.2, -0.15) is 9.78 Å². The van der Waals surface area contributed by atoms with E-state index in [9.17, 15) is 29.3 Å². The van der Waals surface area contributed by atoms with Crippen molar-refractivity contribution in [1.82, 2.24) is 29.0 Å². The fourth-order valence-electron chi connectivity index (χ4n) is 5.63. The van der Waals surface area contributed by atoms with Crippen LogP contribution < -0.4 is 20.5 Å². The number of halogens is 2. The van der Waals surface area contributed by atoms with Crippen molar-refractivity contribution in [3.63, 3.8) is 0 Å². The number of pyridine rings is 1. The summed E-state index contributed by atoms with van der Waals surface area (Å²) in [5, 5.41) is 36.4. The van der Waals surface area contributed by atoms with Crippen molar-refractivity contribution in [3.8, 4) is 0 Å². The first-order valence-corrected chi connectivity index (χ1v) is 15.3. The van der Waals surface area contributed by atoms with Crippen molar-refractivity contribution < 1.29 is 24.5 Å². The second-order valence-electron chi connectivity index (χ2n) is 10.7. The molecule has 1 amide bonds. The summed E-state index contributed by atoms with van der Waals surface area (Å²) in [6.07, 6.45) is -0.0436. The lowest BCUT2D eigenvalue weighted by atomic mass is 9.93. The fourth-order valence-corrected chi connectivity index (χ4v) is 6.06. The number of nitrogens with one attached hydrogen (secondary N) is 2. The lowest BCUT2D eigenvalue weighted by Crippen LogP contribution is -2.40. The molecule has 0 saturated carbocycles. The SMILES string of the molecule is CSNC(=O)c1nc(Cl)ccc1NC(C)c1cc(C)cc2c(=O)n(C)c(N3CCC(c4c(F)cnn4C(O)(O)O)CC3)nc12. The van der Waals surface area contributed by atoms with E-state index in [1.807, 2.05) is 24.8 Å². The topological polar surface area (TPSA) is 171 Å². The highest BCUT2D eigenvalue weighted by atomic mass is 35.5. The summed E-state index contributed by atoms with van der Waals surface area (Å²) in [7, 11) is 1.64. The highest BCUT2D eigenvalue weighted by Gasteiger charge is 2.34. The third-order valence-electron chi connectivity index (χ3n) is 7.65. The van der Waals surface area contributed by atoms with Crippen molar-refractivity contribution in [2.24, 2.45) is 7.05 Å². The first kappa shape index (κ1) is 31.7. The predicted molar refractivity (Wildman–Crippen MR) is 165 cm³/mol. The van der Waals surface area contributed by atoms with Crippen molar-refractivity contribution in [1.29, 1.82) is 0 Å². The van der Waals surface area contributed by atoms with Crippen LogP contribution in [-0.2, 0) is 13.1 Å². The van der Waals surface area contributed by atoms with Crippen molar-refractivity contribution >= 4 is 52.0 Å². The molecule has 1 aliphatic heterocycles. The largest absolute Gasteiger partial charge is 0.389 e. The van der Waals surface area contributed by atoms with Crippen LogP contribution in [0.4, 0.5) is 16.0 Å². The molecule has 0 bridgehead atoms. The van der Waals surface area contributed by atoms with E-state index in [4.69, 9.17) is 16.6 Å². The monoisotopic (exact) mass is 646 g/mol. The molecule has 3 aromatic heterocycles. The number of aromatic nitrogens is 5. The second kappa shape index (κ2) is 12.3. The van der Waals surface area contributed by atoms with Gasteiger partial charge in [0, 0.05) is 37.9 Å². The molecule has 5 N–H and O–H groups in total. The van der Waals surface area contributed by atoms with Gasteiger partial charge in [0.1, 0.15) is 5.15 Å². The zero-order valence-electron chi connectivity index (χ0n) is 24.4. The molecule has 1 unspecified atom stereocenters. The fraction of sp³-hybridized carbons (Fsp3) is 0.393. The summed E-state index contributed by atoms with van der Waals surface area (Å²) in [6, 6.07) is 6.56. The minimum atomic E-state index is -3.33. The molecule has 1 fully saturated rings. The molecule has 13 nitrogen and oxygen atoms in total. The Morgan fingerprint density at radius 2 is 1.91 bits per heavy atom. The number of piperidine rings is 1. The van der Waals surface area contributed by atoms with Gasteiger partial charge in [-0.05, 0) is 50.5 Å². The molecule has 1 aromatic carbocycles. The highest BCUT2D eigenvalue weighted by molar-refractivity contribution is 7.97. The molecule has 0 spiro atoms. The standard InChI is InChI=1S/C28H32ClFN8O5S/c1-14-11-17(15(2)32-20-5-6-21(29)33-23(20)25(39)35-44-4)22-18(12-14)26(40)36(3)27(34-22)37-9-7-16(8-10-37)24-19(30)13-31-38(24)28(41,42)43/h5-6,11-13,15-16,32,41-43H,7-10H2,1-4H3,(H,35,39). The number of rotatable bonds is 8. The van der Waals surface area contributed by atoms with E-state index in [2.05, 4.69) is 20.1 Å². The Balaban J connectivity index is 1.48. The van der Waals surface area contributed by atoms with E-state index in [1.165, 1.54) is 4.57 Å². The third-order valence-corrected chi connectivity index (χ3v) is 8.25. The molecular formula is C28H32ClFN8O5S. The number of aliphatic hydroxyl groups is 3. The van der Waals surface area contributed by atoms with Gasteiger partial charge in [0.05, 0.1) is 34.5 Å². The van der Waals surface area contributed by atoms with E-state index in [0.717, 1.165) is 29.3 Å². The van der Waals surface area contributed by atoms with E-state index in [-0.39, 0.29) is 22.1 Å². The summed E-state index contributed by atoms with van der Waals surface area (Å²) < 4.78 is 19.1. The third kappa shape index (κ3) is 6.10. The van der Waals surface area contributed by atoms with Gasteiger partial charge < -0.3 is 25.5 Å². The van der Waals surface area contributed by atoms with Crippen LogP contribution in [0.3, 0.4) is 0 Å². The molecular weight excluding hydrogens is 615 g/mol. The predicted octanol–water partition coefficient (Wildman–Crippen LogP) is 2.74. The molecule has 0 radical (unpaired) electrons. The Hall–Kier alpha value is -3.76. The highest BCUT2D eigenvalue weighted by Crippen LogP contribution is 2.34. The van der Waals surface area contributed by atoms with Crippen molar-refractivity contribution in [3.05, 3.63) is 74.3 Å². The molecule has 0 aliphatic carbocycles. The van der Waals surface area contributed by atoms with Gasteiger partial charge >= 0.3 is 6.10 Å². The Bertz CT molecular complexity index is 1780. The van der Waals surface area contributed by atoms with Crippen LogP contribution in [0.1, 0.15) is 59.0 Å². The molecule has 234 valence electrons. The maximum Gasteiger partial charge on any atom is 0.389 e. The van der Waals surface area contributed by atoms with E-state index in [0.29, 0.717) is 53.2 Å². The van der Waals surface area contributed by atoms with E-state index in [1.54, 1.807) is 31.5 Å². The number of hydrogen-bond acceptors (Lipinski definition) is 11. The number of aryl methyl sites for hydroxylation is 1. The number of carbonyl (C=O) groups excluding carboxylic acids is 1. The number of nitrogens with zero attached hydrogens (tertiary/aromatic N) is 6. The first-order valence-electron chi connectivity index (χ1n) is 13.7. The number of benzene rings is 1. The lowest BCUT2D eigenvalue weighted by Gasteiger charge is -2.34. The zero-order valence-corrected chi connectivity index (χ0v) is 25.9. The summed E-state index contributed by atoms with van der Waals surface area (Å²) in [4.78, 5) is 37.4. The van der Waals surface area contributed by atoms with E-state index >= 15 is 0 Å². The van der Waals surface area contributed by atoms with Crippen LogP contribution in [0.5, 0.6) is 0 Å². The zero-order chi connectivity index (χ0) is 31.9. The first-order chi connectivity index (χ1) is 20.8. The number of amides is 1. The van der Waals surface area contributed by atoms with E-state index < -0.39 is 29.8 Å². The van der Waals surface area contributed by atoms with Gasteiger partial charge in [0.25, 0.3) is 11.5 Å². The van der Waals surface area contributed by atoms with Gasteiger partial charge in [0.15, 0.2) is 11.5 Å². The van der Waals surface area contributed by atoms with Gasteiger partial charge in [0.2, 0.25) is 5.95 Å². The maximum absolute atomic E-state index is 14.5. The molecule has 5 rings (SSSR count). The Morgan fingerprint density at radius 3 is 2.57 bits per heavy atom. The Kier molecular flexibility index (Phi) is 8.87. The van der Waals surface area contributed by atoms with Crippen LogP contribution in [0.15, 0.2) is 35.3 Å². The van der Waals surface area contributed by atoms with Gasteiger partial charge in [-0.15, -0.1) is 0 Å². The molecule has 4 aromatic rings. The van der Waals surface area contributed by atoms with Crippen LogP contribution in [0.2, 0.25) is 5.15 Å². The molecule has 4 heterocycles. The number of carbonyl (C=O) groups is 1. The van der Waals surface area contributed by atoms with Crippen LogP contribution in [-0.4, -0.2) is 64.9 Å². The molecule has 16 heteroatoms. The molecule has 44 heavy (non-hydrogen) atoms. The Morgan fingerprint density at radius 1 is 1.20 bits per heavy atom. The van der Waals surface area contributed by atoms with Crippen molar-refractivity contribution in [2.45, 2.75) is 44.7 Å². The van der Waals surface area contributed by atoms with Gasteiger partial charge in [-0.25, -0.2) is 14.4 Å². The maximum atomic E-state index is 14.5. The van der Waals surface area contributed by atoms with Crippen LogP contribution in [0.25, 0.3) is 10.9 Å². The number of fused-ring (bicyclic) bond motifs is 1. The second-order valence-corrected chi connectivity index (χ2v) is 11.7. The van der Waals surface area contributed by atoms with Crippen LogP contribution in [0, 0.1) is 12.7 Å². The normalized spacial score (nSPS) is 15.1. The number of anilines is 2. The van der Waals surface area contributed by atoms with Crippen LogP contribution >= 0.6 is 23.5 Å². The molecule has 1 saturated heterocycles. The number of hydrogen-bond donors (Lipinski definition) is 5.